The monoisotopic (exact) mass is 382 g/mol. The van der Waals surface area contributed by atoms with Crippen molar-refractivity contribution in [2.45, 2.75) is 45.8 Å². The summed E-state index contributed by atoms with van der Waals surface area (Å²) in [6.07, 6.45) is 2.45. The van der Waals surface area contributed by atoms with E-state index in [-0.39, 0.29) is 41.5 Å². The van der Waals surface area contributed by atoms with E-state index in [9.17, 15) is 23.1 Å². The summed E-state index contributed by atoms with van der Waals surface area (Å²) in [7, 11) is -3.73. The molecule has 144 valence electrons. The first-order chi connectivity index (χ1) is 12.1. The van der Waals surface area contributed by atoms with Gasteiger partial charge in [-0.05, 0) is 30.2 Å². The Morgan fingerprint density at radius 1 is 1.35 bits per heavy atom. The van der Waals surface area contributed by atoms with Crippen LogP contribution in [0, 0.1) is 16.7 Å². The Morgan fingerprint density at radius 3 is 2.65 bits per heavy atom. The van der Waals surface area contributed by atoms with Crippen LogP contribution in [0.15, 0.2) is 29.2 Å². The Balaban J connectivity index is 1.64. The van der Waals surface area contributed by atoms with Crippen LogP contribution in [0.2, 0.25) is 0 Å². The van der Waals surface area contributed by atoms with Crippen molar-refractivity contribution in [3.05, 3.63) is 34.7 Å². The predicted octanol–water partition coefficient (Wildman–Crippen LogP) is 0.524. The van der Waals surface area contributed by atoms with E-state index in [4.69, 9.17) is 0 Å². The van der Waals surface area contributed by atoms with Crippen molar-refractivity contribution in [1.82, 2.24) is 9.29 Å². The molecule has 0 spiro atoms. The van der Waals surface area contributed by atoms with Crippen molar-refractivity contribution < 1.29 is 18.3 Å². The van der Waals surface area contributed by atoms with Crippen LogP contribution in [0.3, 0.4) is 0 Å². The number of hydrogen-bond donors (Lipinski definition) is 2. The second-order valence-electron chi connectivity index (χ2n) is 8.12. The van der Waals surface area contributed by atoms with Crippen molar-refractivity contribution in [1.29, 1.82) is 0 Å². The lowest BCUT2D eigenvalue weighted by molar-refractivity contribution is -0.128. The molecular weight excluding hydrogens is 356 g/mol. The maximum atomic E-state index is 12.6. The first kappa shape index (κ1) is 19.3. The standard InChI is InChI=1S/C18H26N2O5S/c1-17(2)13-6-7-18(17,15(22)9-13)12-26(24,25)19-10-14(21)11-20-8-4-3-5-16(20)23/h3-5,8,13-14,19,21H,6-7,9-12H2,1-2H3. The summed E-state index contributed by atoms with van der Waals surface area (Å²) in [6, 6.07) is 4.64. The van der Waals surface area contributed by atoms with Crippen LogP contribution >= 0.6 is 0 Å². The summed E-state index contributed by atoms with van der Waals surface area (Å²) in [6.45, 7) is 3.78. The molecule has 2 bridgehead atoms. The Kier molecular flexibility index (Phi) is 4.87. The molecule has 0 saturated heterocycles. The van der Waals surface area contributed by atoms with E-state index in [1.165, 1.54) is 16.8 Å². The molecule has 2 aliphatic rings. The zero-order valence-corrected chi connectivity index (χ0v) is 16.0. The van der Waals surface area contributed by atoms with Gasteiger partial charge in [0.25, 0.3) is 5.56 Å². The molecule has 3 rings (SSSR count). The molecule has 8 heteroatoms. The fraction of sp³-hybridized carbons (Fsp3) is 0.667. The number of nitrogens with zero attached hydrogens (tertiary/aromatic N) is 1. The third kappa shape index (κ3) is 3.25. The number of rotatable bonds is 7. The lowest BCUT2D eigenvalue weighted by Crippen LogP contribution is -2.46. The third-order valence-electron chi connectivity index (χ3n) is 6.42. The van der Waals surface area contributed by atoms with Gasteiger partial charge >= 0.3 is 0 Å². The zero-order valence-electron chi connectivity index (χ0n) is 15.1. The normalized spacial score (nSPS) is 28.4. The molecule has 0 aliphatic heterocycles. The molecule has 1 aromatic heterocycles. The van der Waals surface area contributed by atoms with Crippen LogP contribution in [0.25, 0.3) is 0 Å². The minimum absolute atomic E-state index is 0.000165. The van der Waals surface area contributed by atoms with E-state index in [1.54, 1.807) is 12.1 Å². The summed E-state index contributed by atoms with van der Waals surface area (Å²) in [5, 5.41) is 10.1. The number of carbonyl (C=O) groups excluding carboxylic acids is 1. The highest BCUT2D eigenvalue weighted by atomic mass is 32.2. The van der Waals surface area contributed by atoms with Gasteiger partial charge in [0.2, 0.25) is 10.0 Å². The number of fused-ring (bicyclic) bond motifs is 2. The Hall–Kier alpha value is -1.51. The van der Waals surface area contributed by atoms with Gasteiger partial charge in [-0.2, -0.15) is 0 Å². The fourth-order valence-electron chi connectivity index (χ4n) is 4.61. The minimum Gasteiger partial charge on any atom is -0.390 e. The number of pyridine rings is 1. The Bertz CT molecular complexity index is 860. The van der Waals surface area contributed by atoms with Gasteiger partial charge in [-0.25, -0.2) is 13.1 Å². The van der Waals surface area contributed by atoms with E-state index in [1.807, 2.05) is 13.8 Å². The molecule has 2 aliphatic carbocycles. The van der Waals surface area contributed by atoms with Crippen LogP contribution in [-0.2, 0) is 21.4 Å². The van der Waals surface area contributed by atoms with E-state index >= 15 is 0 Å². The maximum absolute atomic E-state index is 12.6. The minimum atomic E-state index is -3.73. The Labute approximate surface area is 153 Å². The number of hydrogen-bond acceptors (Lipinski definition) is 5. The van der Waals surface area contributed by atoms with Crippen LogP contribution in [0.4, 0.5) is 0 Å². The van der Waals surface area contributed by atoms with Crippen molar-refractivity contribution in [2.75, 3.05) is 12.3 Å². The molecule has 3 unspecified atom stereocenters. The molecule has 0 aromatic carbocycles. The predicted molar refractivity (Wildman–Crippen MR) is 97.1 cm³/mol. The fourth-order valence-corrected chi connectivity index (χ4v) is 6.48. The number of ketones is 1. The average molecular weight is 382 g/mol. The topological polar surface area (TPSA) is 105 Å². The van der Waals surface area contributed by atoms with Crippen LogP contribution in [0.5, 0.6) is 0 Å². The lowest BCUT2D eigenvalue weighted by atomic mass is 9.70. The summed E-state index contributed by atoms with van der Waals surface area (Å²) in [5.74, 6) is 0.0571. The highest BCUT2D eigenvalue weighted by molar-refractivity contribution is 7.89. The second kappa shape index (κ2) is 6.58. The number of sulfonamides is 1. The zero-order chi connectivity index (χ0) is 19.2. The van der Waals surface area contributed by atoms with Gasteiger partial charge in [0.15, 0.2) is 0 Å². The molecule has 0 radical (unpaired) electrons. The summed E-state index contributed by atoms with van der Waals surface area (Å²) < 4.78 is 28.9. The molecule has 2 fully saturated rings. The van der Waals surface area contributed by atoms with Crippen molar-refractivity contribution in [3.8, 4) is 0 Å². The molecule has 1 heterocycles. The number of aliphatic hydroxyl groups excluding tert-OH is 1. The maximum Gasteiger partial charge on any atom is 0.250 e. The number of nitrogens with one attached hydrogen (secondary N) is 1. The molecule has 2 N–H and O–H groups in total. The van der Waals surface area contributed by atoms with Gasteiger partial charge in [-0.3, -0.25) is 9.59 Å². The summed E-state index contributed by atoms with van der Waals surface area (Å²) in [5.41, 5.74) is -1.41. The molecule has 3 atom stereocenters. The first-order valence-electron chi connectivity index (χ1n) is 8.92. The quantitative estimate of drug-likeness (QED) is 0.715. The van der Waals surface area contributed by atoms with E-state index in [0.29, 0.717) is 12.8 Å². The molecule has 0 amide bonds. The van der Waals surface area contributed by atoms with Crippen LogP contribution < -0.4 is 10.3 Å². The highest BCUT2D eigenvalue weighted by Gasteiger charge is 2.65. The smallest absolute Gasteiger partial charge is 0.250 e. The summed E-state index contributed by atoms with van der Waals surface area (Å²) in [4.78, 5) is 24.1. The number of aromatic nitrogens is 1. The molecule has 2 saturated carbocycles. The van der Waals surface area contributed by atoms with Crippen LogP contribution in [0.1, 0.15) is 33.1 Å². The van der Waals surface area contributed by atoms with Crippen molar-refractivity contribution >= 4 is 15.8 Å². The largest absolute Gasteiger partial charge is 0.390 e. The number of carbonyl (C=O) groups is 1. The second-order valence-corrected chi connectivity index (χ2v) is 9.93. The van der Waals surface area contributed by atoms with E-state index in [2.05, 4.69) is 4.72 Å². The van der Waals surface area contributed by atoms with E-state index in [0.717, 1.165) is 6.42 Å². The van der Waals surface area contributed by atoms with Gasteiger partial charge in [-0.1, -0.05) is 19.9 Å². The first-order valence-corrected chi connectivity index (χ1v) is 10.6. The lowest BCUT2D eigenvalue weighted by Gasteiger charge is -2.36. The van der Waals surface area contributed by atoms with Gasteiger partial charge in [0.05, 0.1) is 18.4 Å². The molecular formula is C18H26N2O5S. The number of Topliss-reactive ketones (excluding diaryl/α,β-unsaturated/α-hetero) is 1. The Morgan fingerprint density at radius 2 is 2.08 bits per heavy atom. The highest BCUT2D eigenvalue weighted by Crippen LogP contribution is 2.64. The average Bonchev–Trinajstić information content (AvgIpc) is 2.89. The van der Waals surface area contributed by atoms with Crippen molar-refractivity contribution in [2.24, 2.45) is 16.7 Å². The van der Waals surface area contributed by atoms with Crippen molar-refractivity contribution in [3.63, 3.8) is 0 Å². The third-order valence-corrected chi connectivity index (χ3v) is 7.90. The van der Waals surface area contributed by atoms with Gasteiger partial charge in [-0.15, -0.1) is 0 Å². The number of aliphatic hydroxyl groups is 1. The van der Waals surface area contributed by atoms with Crippen LogP contribution in [-0.4, -0.2) is 42.3 Å². The van der Waals surface area contributed by atoms with E-state index < -0.39 is 21.5 Å². The summed E-state index contributed by atoms with van der Waals surface area (Å²) >= 11 is 0. The molecule has 1 aromatic rings. The SMILES string of the molecule is CC1(C)C2CCC1(CS(=O)(=O)NCC(O)Cn1ccccc1=O)C(=O)C2. The van der Waals surface area contributed by atoms with Gasteiger partial charge in [0.1, 0.15) is 5.78 Å². The molecule has 26 heavy (non-hydrogen) atoms. The van der Waals surface area contributed by atoms with Gasteiger partial charge in [0, 0.05) is 30.6 Å². The molecule has 7 nitrogen and oxygen atoms in total. The van der Waals surface area contributed by atoms with Gasteiger partial charge < -0.3 is 9.67 Å².